The minimum absolute atomic E-state index is 0. The summed E-state index contributed by atoms with van der Waals surface area (Å²) in [4.78, 5) is 4.63. The third-order valence-electron chi connectivity index (χ3n) is 3.42. The molecule has 0 aliphatic heterocycles. The molecule has 2 N–H and O–H groups in total. The topological polar surface area (TPSA) is 45.7 Å². The van der Waals surface area contributed by atoms with Gasteiger partial charge in [0.2, 0.25) is 0 Å². The van der Waals surface area contributed by atoms with Crippen LogP contribution in [0.15, 0.2) is 41.4 Å². The first kappa shape index (κ1) is 19.5. The summed E-state index contributed by atoms with van der Waals surface area (Å²) in [5.74, 6) is 1.76. The monoisotopic (exact) mass is 427 g/mol. The molecular weight excluding hydrogens is 401 g/mol. The number of guanidine groups is 1. The minimum Gasteiger partial charge on any atom is -0.497 e. The van der Waals surface area contributed by atoms with E-state index in [4.69, 9.17) is 4.74 Å². The van der Waals surface area contributed by atoms with Crippen LogP contribution in [0.1, 0.15) is 25.8 Å². The lowest BCUT2D eigenvalue weighted by Gasteiger charge is -2.10. The van der Waals surface area contributed by atoms with Crippen LogP contribution in [-0.2, 0) is 6.54 Å². The molecule has 2 aromatic rings. The molecule has 0 radical (unpaired) electrons. The zero-order valence-electron chi connectivity index (χ0n) is 14.1. The van der Waals surface area contributed by atoms with Gasteiger partial charge in [0.25, 0.3) is 0 Å². The van der Waals surface area contributed by atoms with Crippen LogP contribution in [0.2, 0.25) is 0 Å². The van der Waals surface area contributed by atoms with E-state index in [1.165, 1.54) is 16.3 Å². The molecule has 0 amide bonds. The van der Waals surface area contributed by atoms with Gasteiger partial charge in [0.15, 0.2) is 5.96 Å². The fourth-order valence-corrected chi connectivity index (χ4v) is 2.25. The summed E-state index contributed by atoms with van der Waals surface area (Å²) in [6.07, 6.45) is 1.09. The van der Waals surface area contributed by atoms with E-state index in [1.54, 1.807) is 7.11 Å². The number of ether oxygens (including phenoxy) is 1. The third-order valence-corrected chi connectivity index (χ3v) is 3.42. The van der Waals surface area contributed by atoms with Gasteiger partial charge in [-0.2, -0.15) is 0 Å². The minimum atomic E-state index is 0. The van der Waals surface area contributed by atoms with E-state index in [0.717, 1.165) is 31.2 Å². The van der Waals surface area contributed by atoms with Crippen LogP contribution in [0.5, 0.6) is 5.75 Å². The zero-order chi connectivity index (χ0) is 15.8. The quantitative estimate of drug-likeness (QED) is 0.417. The van der Waals surface area contributed by atoms with Gasteiger partial charge in [-0.05, 0) is 47.9 Å². The first-order valence-electron chi connectivity index (χ1n) is 7.85. The van der Waals surface area contributed by atoms with Crippen molar-refractivity contribution in [1.82, 2.24) is 10.6 Å². The predicted octanol–water partition coefficient (Wildman–Crippen LogP) is 3.93. The number of nitrogens with one attached hydrogen (secondary N) is 2. The fourth-order valence-electron chi connectivity index (χ4n) is 2.25. The number of nitrogens with zero attached hydrogens (tertiary/aromatic N) is 1. The van der Waals surface area contributed by atoms with Gasteiger partial charge < -0.3 is 15.4 Å². The molecular formula is C18H26IN3O. The molecule has 2 aromatic carbocycles. The molecule has 126 valence electrons. The van der Waals surface area contributed by atoms with E-state index in [1.807, 2.05) is 6.07 Å². The van der Waals surface area contributed by atoms with Gasteiger partial charge in [0, 0.05) is 13.1 Å². The van der Waals surface area contributed by atoms with Crippen molar-refractivity contribution in [2.24, 2.45) is 4.99 Å². The highest BCUT2D eigenvalue weighted by atomic mass is 127. The van der Waals surface area contributed by atoms with Crippen LogP contribution in [0.4, 0.5) is 0 Å². The van der Waals surface area contributed by atoms with Crippen molar-refractivity contribution in [1.29, 1.82) is 0 Å². The molecule has 0 saturated carbocycles. The molecule has 0 bridgehead atoms. The van der Waals surface area contributed by atoms with E-state index >= 15 is 0 Å². The average molecular weight is 427 g/mol. The lowest BCUT2D eigenvalue weighted by molar-refractivity contribution is 0.415. The summed E-state index contributed by atoms with van der Waals surface area (Å²) >= 11 is 0. The molecule has 0 spiro atoms. The number of aliphatic imine (C=N–C) groups is 1. The van der Waals surface area contributed by atoms with Crippen LogP contribution >= 0.6 is 24.0 Å². The van der Waals surface area contributed by atoms with Crippen molar-refractivity contribution >= 4 is 40.7 Å². The van der Waals surface area contributed by atoms with Crippen molar-refractivity contribution in [3.63, 3.8) is 0 Å². The standard InChI is InChI=1S/C18H25N3O.HI/c1-4-10-20-18(19-5-2)21-13-14-6-7-16-12-17(22-3)9-8-15(16)11-14;/h6-9,11-12H,4-5,10,13H2,1-3H3,(H2,19,20,21);1H. The lowest BCUT2D eigenvalue weighted by Crippen LogP contribution is -2.37. The van der Waals surface area contributed by atoms with Gasteiger partial charge >= 0.3 is 0 Å². The molecule has 0 fully saturated rings. The van der Waals surface area contributed by atoms with Crippen LogP contribution in [0.3, 0.4) is 0 Å². The van der Waals surface area contributed by atoms with Gasteiger partial charge in [-0.1, -0.05) is 25.1 Å². The molecule has 0 atom stereocenters. The molecule has 0 aliphatic rings. The van der Waals surface area contributed by atoms with E-state index < -0.39 is 0 Å². The Morgan fingerprint density at radius 1 is 1.04 bits per heavy atom. The Morgan fingerprint density at radius 3 is 2.48 bits per heavy atom. The average Bonchev–Trinajstić information content (AvgIpc) is 2.56. The van der Waals surface area contributed by atoms with Crippen LogP contribution in [-0.4, -0.2) is 26.2 Å². The summed E-state index contributed by atoms with van der Waals surface area (Å²) in [6.45, 7) is 6.69. The van der Waals surface area contributed by atoms with E-state index in [0.29, 0.717) is 6.54 Å². The number of halogens is 1. The number of methoxy groups -OCH3 is 1. The van der Waals surface area contributed by atoms with Crippen LogP contribution in [0, 0.1) is 0 Å². The predicted molar refractivity (Wildman–Crippen MR) is 109 cm³/mol. The Morgan fingerprint density at radius 2 is 1.78 bits per heavy atom. The molecule has 0 unspecified atom stereocenters. The van der Waals surface area contributed by atoms with Gasteiger partial charge in [-0.3, -0.25) is 0 Å². The maximum atomic E-state index is 5.26. The summed E-state index contributed by atoms with van der Waals surface area (Å²) in [5, 5.41) is 8.97. The number of benzene rings is 2. The number of hydrogen-bond donors (Lipinski definition) is 2. The first-order valence-corrected chi connectivity index (χ1v) is 7.85. The number of rotatable bonds is 6. The van der Waals surface area contributed by atoms with Gasteiger partial charge in [-0.25, -0.2) is 4.99 Å². The summed E-state index contributed by atoms with van der Waals surface area (Å²) < 4.78 is 5.26. The van der Waals surface area contributed by atoms with Crippen molar-refractivity contribution in [3.05, 3.63) is 42.0 Å². The largest absolute Gasteiger partial charge is 0.497 e. The van der Waals surface area contributed by atoms with Crippen molar-refractivity contribution in [2.75, 3.05) is 20.2 Å². The van der Waals surface area contributed by atoms with Crippen LogP contribution < -0.4 is 15.4 Å². The zero-order valence-corrected chi connectivity index (χ0v) is 16.4. The Labute approximate surface area is 155 Å². The van der Waals surface area contributed by atoms with E-state index in [2.05, 4.69) is 59.8 Å². The maximum Gasteiger partial charge on any atom is 0.191 e. The van der Waals surface area contributed by atoms with E-state index in [9.17, 15) is 0 Å². The number of fused-ring (bicyclic) bond motifs is 1. The molecule has 0 aliphatic carbocycles. The van der Waals surface area contributed by atoms with Crippen molar-refractivity contribution < 1.29 is 4.74 Å². The Kier molecular flexibility index (Phi) is 8.76. The second-order valence-electron chi connectivity index (χ2n) is 5.17. The third kappa shape index (κ3) is 5.89. The molecule has 5 heteroatoms. The first-order chi connectivity index (χ1) is 10.8. The van der Waals surface area contributed by atoms with Gasteiger partial charge in [0.1, 0.15) is 5.75 Å². The molecule has 0 heterocycles. The van der Waals surface area contributed by atoms with Crippen LogP contribution in [0.25, 0.3) is 10.8 Å². The second kappa shape index (κ2) is 10.3. The molecule has 0 saturated heterocycles. The lowest BCUT2D eigenvalue weighted by atomic mass is 10.1. The number of hydrogen-bond acceptors (Lipinski definition) is 2. The van der Waals surface area contributed by atoms with Gasteiger partial charge in [-0.15, -0.1) is 24.0 Å². The Hall–Kier alpha value is -1.50. The Balaban J connectivity index is 0.00000264. The highest BCUT2D eigenvalue weighted by Gasteiger charge is 2.00. The molecule has 23 heavy (non-hydrogen) atoms. The summed E-state index contributed by atoms with van der Waals surface area (Å²) in [7, 11) is 1.69. The summed E-state index contributed by atoms with van der Waals surface area (Å²) in [6, 6.07) is 12.5. The highest BCUT2D eigenvalue weighted by molar-refractivity contribution is 14.0. The fraction of sp³-hybridized carbons (Fsp3) is 0.389. The molecule has 2 rings (SSSR count). The highest BCUT2D eigenvalue weighted by Crippen LogP contribution is 2.22. The smallest absolute Gasteiger partial charge is 0.191 e. The van der Waals surface area contributed by atoms with E-state index in [-0.39, 0.29) is 24.0 Å². The second-order valence-corrected chi connectivity index (χ2v) is 5.17. The summed E-state index contributed by atoms with van der Waals surface area (Å²) in [5.41, 5.74) is 1.20. The van der Waals surface area contributed by atoms with Gasteiger partial charge in [0.05, 0.1) is 13.7 Å². The van der Waals surface area contributed by atoms with Crippen molar-refractivity contribution in [3.8, 4) is 5.75 Å². The SMILES string of the molecule is CCCNC(=NCc1ccc2cc(OC)ccc2c1)NCC.I. The molecule has 4 nitrogen and oxygen atoms in total. The normalized spacial score (nSPS) is 11.0. The maximum absolute atomic E-state index is 5.26. The Bertz CT molecular complexity index is 643. The van der Waals surface area contributed by atoms with Crippen molar-refractivity contribution in [2.45, 2.75) is 26.8 Å². The molecule has 0 aromatic heterocycles.